The molecule has 0 N–H and O–H groups in total. The van der Waals surface area contributed by atoms with E-state index in [4.69, 9.17) is 10.00 Å². The summed E-state index contributed by atoms with van der Waals surface area (Å²) >= 11 is 0. The van der Waals surface area contributed by atoms with Crippen LogP contribution in [0, 0.1) is 17.1 Å². The van der Waals surface area contributed by atoms with Crippen LogP contribution < -0.4 is 4.74 Å². The van der Waals surface area contributed by atoms with E-state index in [2.05, 4.69) is 20.8 Å². The fourth-order valence-electron chi connectivity index (χ4n) is 1.83. The van der Waals surface area contributed by atoms with Crippen molar-refractivity contribution in [2.45, 2.75) is 26.2 Å². The molecule has 0 aromatic heterocycles. The molecule has 0 unspecified atom stereocenters. The van der Waals surface area contributed by atoms with Gasteiger partial charge in [0, 0.05) is 0 Å². The Balaban J connectivity index is 2.34. The fraction of sp³-hybridized carbons (Fsp3) is 0.235. The number of benzene rings is 2. The van der Waals surface area contributed by atoms with Gasteiger partial charge >= 0.3 is 0 Å². The van der Waals surface area contributed by atoms with Crippen LogP contribution >= 0.6 is 0 Å². The molecule has 0 amide bonds. The quantitative estimate of drug-likeness (QED) is 0.785. The van der Waals surface area contributed by atoms with E-state index in [1.807, 2.05) is 30.3 Å². The standard InChI is InChI=1S/C17H16FNO/c1-17(2,3)13-5-4-6-15(10-13)20-16-8-7-14(18)9-12(16)11-19/h4-10H,1-3H3. The van der Waals surface area contributed by atoms with E-state index in [-0.39, 0.29) is 11.0 Å². The molecule has 0 heterocycles. The maximum atomic E-state index is 13.1. The second kappa shape index (κ2) is 5.34. The summed E-state index contributed by atoms with van der Waals surface area (Å²) in [7, 11) is 0. The summed E-state index contributed by atoms with van der Waals surface area (Å²) < 4.78 is 18.8. The molecule has 0 saturated carbocycles. The van der Waals surface area contributed by atoms with E-state index in [1.54, 1.807) is 0 Å². The molecule has 0 saturated heterocycles. The Morgan fingerprint density at radius 3 is 2.50 bits per heavy atom. The zero-order valence-electron chi connectivity index (χ0n) is 11.8. The molecular formula is C17H16FNO. The van der Waals surface area contributed by atoms with Gasteiger partial charge in [0.25, 0.3) is 0 Å². The molecule has 3 heteroatoms. The van der Waals surface area contributed by atoms with Gasteiger partial charge in [-0.2, -0.15) is 5.26 Å². The third-order valence-electron chi connectivity index (χ3n) is 2.99. The number of halogens is 1. The van der Waals surface area contributed by atoms with Crippen LogP contribution in [0.25, 0.3) is 0 Å². The van der Waals surface area contributed by atoms with Crippen LogP contribution in [-0.2, 0) is 5.41 Å². The summed E-state index contributed by atoms with van der Waals surface area (Å²) in [5, 5.41) is 9.01. The number of nitrogens with zero attached hydrogens (tertiary/aromatic N) is 1. The average Bonchev–Trinajstić information content (AvgIpc) is 2.40. The highest BCUT2D eigenvalue weighted by molar-refractivity contribution is 5.46. The molecule has 0 fully saturated rings. The highest BCUT2D eigenvalue weighted by Gasteiger charge is 2.14. The number of nitriles is 1. The summed E-state index contributed by atoms with van der Waals surface area (Å²) in [5.74, 6) is 0.554. The molecule has 2 aromatic rings. The third kappa shape index (κ3) is 3.16. The first-order valence-electron chi connectivity index (χ1n) is 6.38. The monoisotopic (exact) mass is 269 g/mol. The Labute approximate surface area is 118 Å². The highest BCUT2D eigenvalue weighted by atomic mass is 19.1. The largest absolute Gasteiger partial charge is 0.456 e. The Morgan fingerprint density at radius 2 is 1.85 bits per heavy atom. The van der Waals surface area contributed by atoms with Gasteiger partial charge in [0.1, 0.15) is 23.4 Å². The smallest absolute Gasteiger partial charge is 0.145 e. The van der Waals surface area contributed by atoms with Crippen molar-refractivity contribution in [1.29, 1.82) is 5.26 Å². The van der Waals surface area contributed by atoms with Crippen molar-refractivity contribution in [3.63, 3.8) is 0 Å². The number of hydrogen-bond donors (Lipinski definition) is 0. The molecule has 0 bridgehead atoms. The van der Waals surface area contributed by atoms with E-state index in [9.17, 15) is 4.39 Å². The molecule has 0 spiro atoms. The molecule has 2 rings (SSSR count). The molecule has 2 nitrogen and oxygen atoms in total. The Kier molecular flexibility index (Phi) is 3.76. The topological polar surface area (TPSA) is 33.0 Å². The van der Waals surface area contributed by atoms with Crippen molar-refractivity contribution in [3.8, 4) is 17.6 Å². The van der Waals surface area contributed by atoms with Gasteiger partial charge in [0.15, 0.2) is 0 Å². The minimum absolute atomic E-state index is 0.0141. The van der Waals surface area contributed by atoms with Crippen molar-refractivity contribution < 1.29 is 9.13 Å². The average molecular weight is 269 g/mol. The predicted octanol–water partition coefficient (Wildman–Crippen LogP) is 4.79. The van der Waals surface area contributed by atoms with Crippen LogP contribution in [0.2, 0.25) is 0 Å². The minimum atomic E-state index is -0.447. The normalized spacial score (nSPS) is 10.9. The van der Waals surface area contributed by atoms with Crippen LogP contribution in [0.3, 0.4) is 0 Å². The van der Waals surface area contributed by atoms with Crippen molar-refractivity contribution in [2.24, 2.45) is 0 Å². The third-order valence-corrected chi connectivity index (χ3v) is 2.99. The lowest BCUT2D eigenvalue weighted by Gasteiger charge is -2.19. The van der Waals surface area contributed by atoms with Gasteiger partial charge in [-0.05, 0) is 41.3 Å². The lowest BCUT2D eigenvalue weighted by atomic mass is 9.87. The van der Waals surface area contributed by atoms with Crippen LogP contribution in [0.1, 0.15) is 31.9 Å². The van der Waals surface area contributed by atoms with Gasteiger partial charge in [0.05, 0.1) is 5.56 Å². The first-order chi connectivity index (χ1) is 9.40. The summed E-state index contributed by atoms with van der Waals surface area (Å²) in [6.45, 7) is 6.35. The van der Waals surface area contributed by atoms with Crippen LogP contribution in [0.4, 0.5) is 4.39 Å². The maximum absolute atomic E-state index is 13.1. The van der Waals surface area contributed by atoms with Gasteiger partial charge in [-0.15, -0.1) is 0 Å². The second-order valence-electron chi connectivity index (χ2n) is 5.63. The van der Waals surface area contributed by atoms with Crippen LogP contribution in [-0.4, -0.2) is 0 Å². The minimum Gasteiger partial charge on any atom is -0.456 e. The zero-order chi connectivity index (χ0) is 14.8. The van der Waals surface area contributed by atoms with Crippen molar-refractivity contribution in [2.75, 3.05) is 0 Å². The summed E-state index contributed by atoms with van der Waals surface area (Å²) in [6.07, 6.45) is 0. The van der Waals surface area contributed by atoms with Gasteiger partial charge < -0.3 is 4.74 Å². The van der Waals surface area contributed by atoms with Gasteiger partial charge in [-0.3, -0.25) is 0 Å². The molecule has 0 radical (unpaired) electrons. The SMILES string of the molecule is CC(C)(C)c1cccc(Oc2ccc(F)cc2C#N)c1. The van der Waals surface area contributed by atoms with Crippen LogP contribution in [0.5, 0.6) is 11.5 Å². The Morgan fingerprint density at radius 1 is 1.10 bits per heavy atom. The lowest BCUT2D eigenvalue weighted by Crippen LogP contribution is -2.10. The lowest BCUT2D eigenvalue weighted by molar-refractivity contribution is 0.475. The molecule has 2 aromatic carbocycles. The van der Waals surface area contributed by atoms with Crippen molar-refractivity contribution in [1.82, 2.24) is 0 Å². The molecule has 0 aliphatic rings. The van der Waals surface area contributed by atoms with E-state index in [1.165, 1.54) is 18.2 Å². The van der Waals surface area contributed by atoms with Gasteiger partial charge in [-0.25, -0.2) is 4.39 Å². The second-order valence-corrected chi connectivity index (χ2v) is 5.63. The van der Waals surface area contributed by atoms with E-state index in [0.717, 1.165) is 5.56 Å². The van der Waals surface area contributed by atoms with Crippen molar-refractivity contribution >= 4 is 0 Å². The summed E-state index contributed by atoms with van der Waals surface area (Å²) in [6, 6.07) is 13.6. The van der Waals surface area contributed by atoms with Crippen LogP contribution in [0.15, 0.2) is 42.5 Å². The summed E-state index contributed by atoms with van der Waals surface area (Å²) in [4.78, 5) is 0. The van der Waals surface area contributed by atoms with E-state index < -0.39 is 5.82 Å². The van der Waals surface area contributed by atoms with E-state index >= 15 is 0 Å². The molecule has 102 valence electrons. The molecule has 0 aliphatic heterocycles. The van der Waals surface area contributed by atoms with Crippen molar-refractivity contribution in [3.05, 3.63) is 59.4 Å². The fourth-order valence-corrected chi connectivity index (χ4v) is 1.83. The first-order valence-corrected chi connectivity index (χ1v) is 6.38. The Hall–Kier alpha value is -2.34. The number of rotatable bonds is 2. The molecule has 0 aliphatic carbocycles. The zero-order valence-corrected chi connectivity index (χ0v) is 11.8. The Bertz CT molecular complexity index is 665. The maximum Gasteiger partial charge on any atom is 0.145 e. The van der Waals surface area contributed by atoms with E-state index in [0.29, 0.717) is 11.5 Å². The molecular weight excluding hydrogens is 253 g/mol. The highest BCUT2D eigenvalue weighted by Crippen LogP contribution is 2.30. The summed E-state index contributed by atoms with van der Waals surface area (Å²) in [5.41, 5.74) is 1.34. The van der Waals surface area contributed by atoms with Gasteiger partial charge in [-0.1, -0.05) is 32.9 Å². The predicted molar refractivity (Wildman–Crippen MR) is 76.3 cm³/mol. The molecule has 20 heavy (non-hydrogen) atoms. The number of ether oxygens (including phenoxy) is 1. The number of hydrogen-bond acceptors (Lipinski definition) is 2. The van der Waals surface area contributed by atoms with Gasteiger partial charge in [0.2, 0.25) is 0 Å². The first kappa shape index (κ1) is 14.1. The molecule has 0 atom stereocenters.